The molecule has 0 bridgehead atoms. The first-order chi connectivity index (χ1) is 5.79. The summed E-state index contributed by atoms with van der Waals surface area (Å²) in [4.78, 5) is 10.9. The molecule has 0 aromatic heterocycles. The minimum Gasteiger partial charge on any atom is -0.384 e. The summed E-state index contributed by atoms with van der Waals surface area (Å²) in [5, 5.41) is 3.13. The number of nitrogens with one attached hydrogen (secondary N) is 1. The Morgan fingerprint density at radius 3 is 2.64 bits per heavy atom. The number of anilines is 1. The summed E-state index contributed by atoms with van der Waals surface area (Å²) < 4.78 is 0. The van der Waals surface area contributed by atoms with Gasteiger partial charge in [0, 0.05) is 12.2 Å². The number of primary amides is 1. The van der Waals surface area contributed by atoms with Crippen LogP contribution in [0, 0.1) is 0 Å². The van der Waals surface area contributed by atoms with Gasteiger partial charge in [-0.25, -0.2) is 0 Å². The molecule has 1 aliphatic heterocycles. The Bertz CT molecular complexity index is 330. The molecule has 1 unspecified atom stereocenters. The number of carbonyl (C=O) groups is 1. The van der Waals surface area contributed by atoms with Crippen LogP contribution in [0.3, 0.4) is 0 Å². The highest BCUT2D eigenvalue weighted by Crippen LogP contribution is 2.30. The van der Waals surface area contributed by atoms with Gasteiger partial charge in [0.15, 0.2) is 0 Å². The number of para-hydroxylation sites is 1. The van der Waals surface area contributed by atoms with Crippen molar-refractivity contribution in [3.8, 4) is 0 Å². The standard InChI is InChI=1S/C9H10N2O.2ClH/c10-9(12)7-5-11-8-4-2-1-3-6(7)8;;/h1-4,7,11H,5H2,(H2,10,12);2*1H. The largest absolute Gasteiger partial charge is 0.384 e. The SMILES string of the molecule is Cl.Cl.NC(=O)C1CNc2ccccc21. The average Bonchev–Trinajstić information content (AvgIpc) is 2.47. The summed E-state index contributed by atoms with van der Waals surface area (Å²) in [5.41, 5.74) is 7.28. The fourth-order valence-corrected chi connectivity index (χ4v) is 1.54. The zero-order valence-electron chi connectivity index (χ0n) is 7.40. The minimum absolute atomic E-state index is 0. The third kappa shape index (κ3) is 2.11. The lowest BCUT2D eigenvalue weighted by atomic mass is 10.0. The van der Waals surface area contributed by atoms with Gasteiger partial charge in [0.25, 0.3) is 0 Å². The van der Waals surface area contributed by atoms with Crippen LogP contribution in [-0.2, 0) is 4.79 Å². The molecule has 0 saturated heterocycles. The second kappa shape index (κ2) is 5.08. The topological polar surface area (TPSA) is 55.1 Å². The molecule has 1 heterocycles. The van der Waals surface area contributed by atoms with Gasteiger partial charge in [0.1, 0.15) is 0 Å². The average molecular weight is 235 g/mol. The molecule has 1 aliphatic rings. The van der Waals surface area contributed by atoms with E-state index in [2.05, 4.69) is 5.32 Å². The summed E-state index contributed by atoms with van der Waals surface area (Å²) >= 11 is 0. The van der Waals surface area contributed by atoms with Gasteiger partial charge in [-0.15, -0.1) is 24.8 Å². The highest BCUT2D eigenvalue weighted by atomic mass is 35.5. The van der Waals surface area contributed by atoms with Gasteiger partial charge < -0.3 is 11.1 Å². The molecule has 5 heteroatoms. The minimum atomic E-state index is -0.257. The Morgan fingerprint density at radius 2 is 2.00 bits per heavy atom. The molecule has 1 aromatic rings. The second-order valence-electron chi connectivity index (χ2n) is 2.92. The van der Waals surface area contributed by atoms with E-state index in [0.717, 1.165) is 11.3 Å². The molecule has 1 aromatic carbocycles. The number of fused-ring (bicyclic) bond motifs is 1. The van der Waals surface area contributed by atoms with Crippen molar-refractivity contribution in [2.75, 3.05) is 11.9 Å². The van der Waals surface area contributed by atoms with Crippen molar-refractivity contribution in [1.82, 2.24) is 0 Å². The lowest BCUT2D eigenvalue weighted by Gasteiger charge is -2.02. The molecule has 0 radical (unpaired) electrons. The quantitative estimate of drug-likeness (QED) is 0.775. The van der Waals surface area contributed by atoms with Crippen LogP contribution in [-0.4, -0.2) is 12.5 Å². The summed E-state index contributed by atoms with van der Waals surface area (Å²) in [6, 6.07) is 7.75. The van der Waals surface area contributed by atoms with Gasteiger partial charge in [-0.1, -0.05) is 18.2 Å². The molecule has 1 amide bonds. The van der Waals surface area contributed by atoms with E-state index >= 15 is 0 Å². The molecular formula is C9H12Cl2N2O. The number of hydrogen-bond acceptors (Lipinski definition) is 2. The number of halogens is 2. The first kappa shape index (κ1) is 13.1. The Labute approximate surface area is 94.9 Å². The number of rotatable bonds is 1. The maximum Gasteiger partial charge on any atom is 0.226 e. The van der Waals surface area contributed by atoms with Crippen molar-refractivity contribution in [2.45, 2.75) is 5.92 Å². The van der Waals surface area contributed by atoms with Crippen LogP contribution in [0.15, 0.2) is 24.3 Å². The number of amides is 1. The molecule has 14 heavy (non-hydrogen) atoms. The first-order valence-electron chi connectivity index (χ1n) is 3.91. The molecule has 78 valence electrons. The predicted octanol–water partition coefficient (Wildman–Crippen LogP) is 1.52. The van der Waals surface area contributed by atoms with E-state index in [1.54, 1.807) is 0 Å². The van der Waals surface area contributed by atoms with Gasteiger partial charge >= 0.3 is 0 Å². The van der Waals surface area contributed by atoms with Crippen molar-refractivity contribution in [2.24, 2.45) is 5.73 Å². The van der Waals surface area contributed by atoms with Crippen LogP contribution in [0.5, 0.6) is 0 Å². The Balaban J connectivity index is 0.000000845. The Hall–Kier alpha value is -0.930. The third-order valence-electron chi connectivity index (χ3n) is 2.18. The van der Waals surface area contributed by atoms with E-state index < -0.39 is 0 Å². The summed E-state index contributed by atoms with van der Waals surface area (Å²) in [6.07, 6.45) is 0. The first-order valence-corrected chi connectivity index (χ1v) is 3.91. The maximum absolute atomic E-state index is 10.9. The number of nitrogens with two attached hydrogens (primary N) is 1. The van der Waals surface area contributed by atoms with E-state index in [-0.39, 0.29) is 36.6 Å². The summed E-state index contributed by atoms with van der Waals surface area (Å²) in [5.74, 6) is -0.409. The second-order valence-corrected chi connectivity index (χ2v) is 2.92. The van der Waals surface area contributed by atoms with Crippen LogP contribution in [0.4, 0.5) is 5.69 Å². The van der Waals surface area contributed by atoms with Crippen molar-refractivity contribution in [3.63, 3.8) is 0 Å². The lowest BCUT2D eigenvalue weighted by Crippen LogP contribution is -2.22. The van der Waals surface area contributed by atoms with Gasteiger partial charge in [-0.2, -0.15) is 0 Å². The van der Waals surface area contributed by atoms with Crippen molar-refractivity contribution in [1.29, 1.82) is 0 Å². The van der Waals surface area contributed by atoms with Gasteiger partial charge in [-0.05, 0) is 11.6 Å². The normalized spacial score (nSPS) is 17.0. The Kier molecular flexibility index (Phi) is 4.74. The third-order valence-corrected chi connectivity index (χ3v) is 2.18. The van der Waals surface area contributed by atoms with Crippen LogP contribution in [0.25, 0.3) is 0 Å². The van der Waals surface area contributed by atoms with E-state index in [1.165, 1.54) is 0 Å². The van der Waals surface area contributed by atoms with Gasteiger partial charge in [0.05, 0.1) is 5.92 Å². The van der Waals surface area contributed by atoms with Crippen LogP contribution < -0.4 is 11.1 Å². The van der Waals surface area contributed by atoms with Crippen molar-refractivity contribution in [3.05, 3.63) is 29.8 Å². The van der Waals surface area contributed by atoms with Gasteiger partial charge in [0.2, 0.25) is 5.91 Å². The summed E-state index contributed by atoms with van der Waals surface area (Å²) in [7, 11) is 0. The van der Waals surface area contributed by atoms with E-state index in [1.807, 2.05) is 24.3 Å². The molecule has 3 nitrogen and oxygen atoms in total. The molecule has 0 saturated carbocycles. The predicted molar refractivity (Wildman–Crippen MR) is 61.4 cm³/mol. The fraction of sp³-hybridized carbons (Fsp3) is 0.222. The molecule has 3 N–H and O–H groups in total. The van der Waals surface area contributed by atoms with E-state index in [0.29, 0.717) is 6.54 Å². The lowest BCUT2D eigenvalue weighted by molar-refractivity contribution is -0.119. The van der Waals surface area contributed by atoms with E-state index in [9.17, 15) is 4.79 Å². The highest BCUT2D eigenvalue weighted by molar-refractivity contribution is 5.86. The van der Waals surface area contributed by atoms with Gasteiger partial charge in [-0.3, -0.25) is 4.79 Å². The van der Waals surface area contributed by atoms with Crippen molar-refractivity contribution >= 4 is 36.4 Å². The smallest absolute Gasteiger partial charge is 0.226 e. The molecular weight excluding hydrogens is 223 g/mol. The van der Waals surface area contributed by atoms with Crippen LogP contribution >= 0.6 is 24.8 Å². The molecule has 2 rings (SSSR count). The zero-order chi connectivity index (χ0) is 8.55. The molecule has 0 fully saturated rings. The fourth-order valence-electron chi connectivity index (χ4n) is 1.54. The van der Waals surface area contributed by atoms with Crippen molar-refractivity contribution < 1.29 is 4.79 Å². The number of benzene rings is 1. The Morgan fingerprint density at radius 1 is 1.36 bits per heavy atom. The molecule has 1 atom stereocenters. The highest BCUT2D eigenvalue weighted by Gasteiger charge is 2.25. The monoisotopic (exact) mass is 234 g/mol. The number of carbonyl (C=O) groups excluding carboxylic acids is 1. The molecule has 0 aliphatic carbocycles. The van der Waals surface area contributed by atoms with E-state index in [4.69, 9.17) is 5.73 Å². The molecule has 0 spiro atoms. The van der Waals surface area contributed by atoms with Crippen LogP contribution in [0.2, 0.25) is 0 Å². The summed E-state index contributed by atoms with van der Waals surface area (Å²) in [6.45, 7) is 0.634. The zero-order valence-corrected chi connectivity index (χ0v) is 9.03. The maximum atomic E-state index is 10.9. The van der Waals surface area contributed by atoms with Crippen LogP contribution in [0.1, 0.15) is 11.5 Å². The number of hydrogen-bond donors (Lipinski definition) is 2.